The molecule has 1 saturated heterocycles. The van der Waals surface area contributed by atoms with Crippen LogP contribution in [0, 0.1) is 34.5 Å². The molecule has 1 aliphatic heterocycles. The summed E-state index contributed by atoms with van der Waals surface area (Å²) in [7, 11) is 2.74. The summed E-state index contributed by atoms with van der Waals surface area (Å²) in [6.07, 6.45) is -7.75. The molecular formula is C51H60N2O15S2. The van der Waals surface area contributed by atoms with Crippen molar-refractivity contribution in [3.8, 4) is 0 Å². The number of carbonyl (C=O) groups is 7. The van der Waals surface area contributed by atoms with Crippen molar-refractivity contribution in [2.45, 2.75) is 121 Å². The third-order valence-electron chi connectivity index (χ3n) is 14.0. The Hall–Kier alpha value is -5.50. The Morgan fingerprint density at radius 1 is 0.929 bits per heavy atom. The number of carbonyl (C=O) groups excluding carboxylic acids is 7. The number of pyridine rings is 1. The fourth-order valence-corrected chi connectivity index (χ4v) is 12.6. The van der Waals surface area contributed by atoms with Crippen LogP contribution in [0.25, 0.3) is 0 Å². The van der Waals surface area contributed by atoms with Crippen molar-refractivity contribution in [2.75, 3.05) is 19.0 Å². The average Bonchev–Trinajstić information content (AvgIpc) is 3.30. The van der Waals surface area contributed by atoms with Crippen LogP contribution in [0.5, 0.6) is 0 Å². The first-order chi connectivity index (χ1) is 33.1. The van der Waals surface area contributed by atoms with Crippen LogP contribution in [0.4, 0.5) is 9.59 Å². The number of ketones is 2. The Morgan fingerprint density at radius 2 is 1.60 bits per heavy atom. The van der Waals surface area contributed by atoms with Crippen molar-refractivity contribution in [2.24, 2.45) is 34.5 Å². The number of aromatic nitrogens is 1. The number of aliphatic hydroxyl groups excluding tert-OH is 1. The highest BCUT2D eigenvalue weighted by molar-refractivity contribution is 8.76. The van der Waals surface area contributed by atoms with Gasteiger partial charge in [-0.3, -0.25) is 14.4 Å². The largest absolute Gasteiger partial charge is 0.509 e. The van der Waals surface area contributed by atoms with Crippen molar-refractivity contribution >= 4 is 63.3 Å². The van der Waals surface area contributed by atoms with E-state index in [-0.39, 0.29) is 31.6 Å². The lowest BCUT2D eigenvalue weighted by atomic mass is 9.44. The Bertz CT molecular complexity index is 2420. The molecule has 0 spiro atoms. The number of rotatable bonds is 14. The van der Waals surface area contributed by atoms with E-state index in [1.54, 1.807) is 114 Å². The lowest BCUT2D eigenvalue weighted by Crippen LogP contribution is -2.79. The molecule has 2 aromatic carbocycles. The van der Waals surface area contributed by atoms with Crippen LogP contribution in [0.3, 0.4) is 0 Å². The van der Waals surface area contributed by atoms with Gasteiger partial charge in [0, 0.05) is 43.0 Å². The maximum atomic E-state index is 15.1. The van der Waals surface area contributed by atoms with Crippen molar-refractivity contribution in [3.05, 3.63) is 96.2 Å². The highest BCUT2D eigenvalue weighted by Crippen LogP contribution is 2.63. The van der Waals surface area contributed by atoms with Crippen LogP contribution in [0.15, 0.2) is 90.1 Å². The second kappa shape index (κ2) is 21.1. The Morgan fingerprint density at radius 3 is 2.21 bits per heavy atom. The standard InChI is InChI=1S/C51H60N2O15S2/c1-28-33(64-45(59)41(66-47(61)62-23-24-69-70-36-21-15-16-22-52-36)38(30-17-11-9-12-18-30)53-46(60)68-48(3,4)5)25-32-40(65-44(58)31-19-13-10-14-20-31)42-50(8,43(57)39(56)37(28)49(32,6)7)34(55)26-35-51(42,27-63-35)67-29(2)54/h9-22,28,32-35,37-38,40-42,55H,23-27H2,1-8H3,(H,53,60)/t28?,32-,33-,34-,35+,37?,38-,40+,41+,42-,50+,51-/m0/s1. The summed E-state index contributed by atoms with van der Waals surface area (Å²) in [5.41, 5.74) is -5.24. The van der Waals surface area contributed by atoms with Gasteiger partial charge in [-0.15, -0.1) is 0 Å². The van der Waals surface area contributed by atoms with Gasteiger partial charge in [-0.2, -0.15) is 0 Å². The summed E-state index contributed by atoms with van der Waals surface area (Å²) in [6, 6.07) is 20.4. The number of fused-ring (bicyclic) bond motifs is 5. The first-order valence-electron chi connectivity index (χ1n) is 23.2. The number of esters is 3. The smallest absolute Gasteiger partial charge is 0.459 e. The maximum Gasteiger partial charge on any atom is 0.509 e. The number of amides is 1. The van der Waals surface area contributed by atoms with Gasteiger partial charge in [-0.25, -0.2) is 24.2 Å². The number of aliphatic hydroxyl groups is 1. The van der Waals surface area contributed by atoms with E-state index < -0.39 is 124 Å². The van der Waals surface area contributed by atoms with Crippen molar-refractivity contribution in [1.82, 2.24) is 10.3 Å². The SMILES string of the molecule is CC(=O)O[C@@]12CO[C@@H]1C[C@H](O)[C@@]1(C)C(=O)C(=O)C3C(C)[C@@H](OC(=O)[C@H](OC(=O)OCCSSc4ccccn4)[C@@H](NC(=O)OC(C)(C)C)c4ccccc4)C[C@@H]([C@@H](OC(=O)c4ccccc4)[C@H]21)C3(C)C. The van der Waals surface area contributed by atoms with Gasteiger partial charge in [-0.1, -0.05) is 86.2 Å². The summed E-state index contributed by atoms with van der Waals surface area (Å²) in [4.78, 5) is 104. The van der Waals surface area contributed by atoms with E-state index in [0.29, 0.717) is 11.3 Å². The van der Waals surface area contributed by atoms with Crippen molar-refractivity contribution in [1.29, 1.82) is 0 Å². The number of Topliss-reactive ketones (excluding diaryl/α,β-unsaturated/α-hetero) is 2. The Balaban J connectivity index is 1.27. The molecule has 2 unspecified atom stereocenters. The van der Waals surface area contributed by atoms with Crippen LogP contribution >= 0.6 is 21.6 Å². The normalized spacial score (nSPS) is 29.7. The molecule has 17 nitrogen and oxygen atoms in total. The number of benzene rings is 2. The summed E-state index contributed by atoms with van der Waals surface area (Å²) in [5, 5.41) is 15.4. The molecule has 4 fully saturated rings. The van der Waals surface area contributed by atoms with Gasteiger partial charge in [0.15, 0.2) is 5.60 Å². The summed E-state index contributed by atoms with van der Waals surface area (Å²) in [6.45, 7) is 12.4. The zero-order chi connectivity index (χ0) is 50.8. The summed E-state index contributed by atoms with van der Waals surface area (Å²) >= 11 is 0. The first kappa shape index (κ1) is 52.3. The predicted octanol–water partition coefficient (Wildman–Crippen LogP) is 7.29. The van der Waals surface area contributed by atoms with Crippen LogP contribution in [-0.2, 0) is 52.3 Å². The summed E-state index contributed by atoms with van der Waals surface area (Å²) in [5.74, 6) is -8.55. The molecule has 3 saturated carbocycles. The van der Waals surface area contributed by atoms with Gasteiger partial charge in [0.2, 0.25) is 17.7 Å². The molecule has 70 heavy (non-hydrogen) atoms. The molecule has 12 atom stereocenters. The van der Waals surface area contributed by atoms with Crippen molar-refractivity contribution in [3.63, 3.8) is 0 Å². The fourth-order valence-electron chi connectivity index (χ4n) is 10.9. The summed E-state index contributed by atoms with van der Waals surface area (Å²) < 4.78 is 41.8. The molecule has 3 aliphatic carbocycles. The number of hydrogen-bond donors (Lipinski definition) is 2. The molecule has 1 amide bonds. The number of hydrogen-bond acceptors (Lipinski definition) is 18. The van der Waals surface area contributed by atoms with E-state index in [4.69, 9.17) is 33.2 Å². The van der Waals surface area contributed by atoms with Gasteiger partial charge in [0.1, 0.15) is 41.6 Å². The monoisotopic (exact) mass is 1000 g/mol. The van der Waals surface area contributed by atoms with Gasteiger partial charge in [-0.05, 0) is 80.2 Å². The second-order valence-electron chi connectivity index (χ2n) is 20.0. The highest BCUT2D eigenvalue weighted by Gasteiger charge is 2.76. The third kappa shape index (κ3) is 10.7. The molecule has 2 heterocycles. The van der Waals surface area contributed by atoms with Gasteiger partial charge < -0.3 is 43.6 Å². The molecule has 0 radical (unpaired) electrons. The molecule has 2 bridgehead atoms. The van der Waals surface area contributed by atoms with Crippen LogP contribution < -0.4 is 5.32 Å². The maximum absolute atomic E-state index is 15.1. The lowest BCUT2D eigenvalue weighted by Gasteiger charge is -2.66. The predicted molar refractivity (Wildman–Crippen MR) is 254 cm³/mol. The van der Waals surface area contributed by atoms with Crippen LogP contribution in [0.1, 0.15) is 90.2 Å². The minimum atomic E-state index is -1.95. The zero-order valence-corrected chi connectivity index (χ0v) is 42.0. The number of alkyl carbamates (subject to hydrolysis) is 1. The van der Waals surface area contributed by atoms with Crippen molar-refractivity contribution < 1.29 is 71.8 Å². The third-order valence-corrected chi connectivity index (χ3v) is 16.3. The molecule has 7 rings (SSSR count). The molecule has 376 valence electrons. The fraction of sp³-hybridized carbons (Fsp3) is 0.529. The van der Waals surface area contributed by atoms with Crippen LogP contribution in [0.2, 0.25) is 0 Å². The number of nitrogens with one attached hydrogen (secondary N) is 1. The quantitative estimate of drug-likeness (QED) is 0.0531. The van der Waals surface area contributed by atoms with Gasteiger partial charge in [0.05, 0.1) is 29.6 Å². The second-order valence-corrected chi connectivity index (χ2v) is 22.4. The van der Waals surface area contributed by atoms with Crippen LogP contribution in [-0.4, -0.2) is 113 Å². The van der Waals surface area contributed by atoms with E-state index in [0.717, 1.165) is 5.03 Å². The number of nitrogens with zero attached hydrogens (tertiary/aromatic N) is 1. The highest BCUT2D eigenvalue weighted by atomic mass is 33.1. The topological polar surface area (TPSA) is 229 Å². The Labute approximate surface area is 414 Å². The van der Waals surface area contributed by atoms with Gasteiger partial charge >= 0.3 is 30.2 Å². The zero-order valence-electron chi connectivity index (χ0n) is 40.3. The van der Waals surface area contributed by atoms with E-state index in [2.05, 4.69) is 10.3 Å². The minimum absolute atomic E-state index is 0.104. The van der Waals surface area contributed by atoms with E-state index in [9.17, 15) is 24.3 Å². The van der Waals surface area contributed by atoms with Gasteiger partial charge in [0.25, 0.3) is 0 Å². The van der Waals surface area contributed by atoms with E-state index in [1.165, 1.54) is 35.4 Å². The molecule has 2 N–H and O–H groups in total. The molecule has 3 aromatic rings. The minimum Gasteiger partial charge on any atom is -0.459 e. The van der Waals surface area contributed by atoms with E-state index in [1.807, 2.05) is 12.1 Å². The molecule has 19 heteroatoms. The lowest BCUT2D eigenvalue weighted by molar-refractivity contribution is -0.336. The molecule has 4 aliphatic rings. The first-order valence-corrected chi connectivity index (χ1v) is 25.5. The average molecular weight is 1010 g/mol. The Kier molecular flexibility index (Phi) is 15.8. The number of ether oxygens (including phenoxy) is 7. The molecular weight excluding hydrogens is 945 g/mol. The van der Waals surface area contributed by atoms with E-state index >= 15 is 14.4 Å². The molecule has 1 aromatic heterocycles.